The third-order valence-electron chi connectivity index (χ3n) is 2.32. The van der Waals surface area contributed by atoms with Gasteiger partial charge >= 0.3 is 6.09 Å². The Bertz CT molecular complexity index is 551. The van der Waals surface area contributed by atoms with Gasteiger partial charge in [-0.15, -0.1) is 0 Å². The van der Waals surface area contributed by atoms with Gasteiger partial charge in [-0.2, -0.15) is 0 Å². The maximum Gasteiger partial charge on any atom is 0.407 e. The van der Waals surface area contributed by atoms with Crippen molar-refractivity contribution >= 4 is 11.8 Å². The molecule has 0 heterocycles. The van der Waals surface area contributed by atoms with Crippen LogP contribution in [-0.2, 0) is 4.74 Å². The Hall–Kier alpha value is -2.35. The largest absolute Gasteiger partial charge is 0.497 e. The van der Waals surface area contributed by atoms with Crippen LogP contribution in [0.5, 0.6) is 5.75 Å². The number of hydrogen-bond donors (Lipinski definition) is 2. The molecule has 0 aliphatic rings. The normalized spacial score (nSPS) is 10.3. The lowest BCUT2D eigenvalue weighted by Crippen LogP contribution is -2.32. The second-order valence-electron chi connectivity index (χ2n) is 5.48. The molecule has 0 spiro atoms. The van der Waals surface area contributed by atoms with E-state index in [4.69, 9.17) is 15.2 Å². The molecule has 21 heavy (non-hydrogen) atoms. The summed E-state index contributed by atoms with van der Waals surface area (Å²) >= 11 is 0. The predicted molar refractivity (Wildman–Crippen MR) is 83.1 cm³/mol. The van der Waals surface area contributed by atoms with Crippen molar-refractivity contribution in [1.82, 2.24) is 5.32 Å². The summed E-state index contributed by atoms with van der Waals surface area (Å²) in [4.78, 5) is 11.4. The van der Waals surface area contributed by atoms with E-state index in [2.05, 4.69) is 17.2 Å². The Balaban J connectivity index is 2.43. The van der Waals surface area contributed by atoms with Crippen LogP contribution in [0.1, 0.15) is 32.8 Å². The second-order valence-corrected chi connectivity index (χ2v) is 5.48. The zero-order chi connectivity index (χ0) is 15.9. The van der Waals surface area contributed by atoms with Crippen molar-refractivity contribution in [2.45, 2.75) is 32.8 Å². The number of amides is 1. The number of benzene rings is 1. The van der Waals surface area contributed by atoms with Gasteiger partial charge in [-0.05, 0) is 32.9 Å². The number of carbonyl (C=O) groups excluding carboxylic acids is 1. The van der Waals surface area contributed by atoms with Gasteiger partial charge in [0.05, 0.1) is 7.11 Å². The van der Waals surface area contributed by atoms with Gasteiger partial charge in [0.25, 0.3) is 0 Å². The minimum atomic E-state index is -0.492. The highest BCUT2D eigenvalue weighted by molar-refractivity contribution is 5.67. The van der Waals surface area contributed by atoms with Crippen molar-refractivity contribution in [1.29, 1.82) is 0 Å². The van der Waals surface area contributed by atoms with E-state index in [1.54, 1.807) is 19.2 Å². The van der Waals surface area contributed by atoms with Crippen LogP contribution in [0.4, 0.5) is 10.5 Å². The molecule has 1 rings (SSSR count). The number of nitrogen functional groups attached to an aromatic ring is 1. The lowest BCUT2D eigenvalue weighted by molar-refractivity contribution is 0.0529. The highest BCUT2D eigenvalue weighted by Crippen LogP contribution is 2.17. The third kappa shape index (κ3) is 7.11. The Morgan fingerprint density at radius 1 is 1.33 bits per heavy atom. The average Bonchev–Trinajstić information content (AvgIpc) is 2.35. The summed E-state index contributed by atoms with van der Waals surface area (Å²) in [6, 6.07) is 5.32. The van der Waals surface area contributed by atoms with Crippen molar-refractivity contribution < 1.29 is 14.3 Å². The number of carbonyl (C=O) groups is 1. The van der Waals surface area contributed by atoms with Gasteiger partial charge in [0.2, 0.25) is 0 Å². The fraction of sp³-hybridized carbons (Fsp3) is 0.438. The molecule has 5 nitrogen and oxygen atoms in total. The summed E-state index contributed by atoms with van der Waals surface area (Å²) in [5.74, 6) is 6.62. The molecule has 0 bridgehead atoms. The van der Waals surface area contributed by atoms with Gasteiger partial charge in [0.15, 0.2) is 0 Å². The lowest BCUT2D eigenvalue weighted by atomic mass is 10.2. The number of hydrogen-bond acceptors (Lipinski definition) is 4. The molecule has 0 unspecified atom stereocenters. The SMILES string of the molecule is COc1cc(N)cc(C#CCCNC(=O)OC(C)(C)C)c1. The first-order chi connectivity index (χ1) is 9.80. The molecule has 0 fully saturated rings. The molecular weight excluding hydrogens is 268 g/mol. The summed E-state index contributed by atoms with van der Waals surface area (Å²) < 4.78 is 10.2. The van der Waals surface area contributed by atoms with Gasteiger partial charge in [0, 0.05) is 30.3 Å². The van der Waals surface area contributed by atoms with Crippen molar-refractivity contribution in [3.63, 3.8) is 0 Å². The molecule has 114 valence electrons. The summed E-state index contributed by atoms with van der Waals surface area (Å²) in [7, 11) is 1.58. The zero-order valence-corrected chi connectivity index (χ0v) is 12.9. The van der Waals surface area contributed by atoms with E-state index >= 15 is 0 Å². The molecule has 5 heteroatoms. The molecule has 1 aromatic carbocycles. The van der Waals surface area contributed by atoms with E-state index in [1.165, 1.54) is 0 Å². The molecule has 0 atom stereocenters. The summed E-state index contributed by atoms with van der Waals surface area (Å²) in [6.45, 7) is 5.89. The van der Waals surface area contributed by atoms with Gasteiger partial charge in [-0.1, -0.05) is 11.8 Å². The maximum absolute atomic E-state index is 11.4. The van der Waals surface area contributed by atoms with Gasteiger partial charge in [0.1, 0.15) is 11.4 Å². The number of ether oxygens (including phenoxy) is 2. The van der Waals surface area contributed by atoms with Crippen LogP contribution in [0.25, 0.3) is 0 Å². The fourth-order valence-corrected chi connectivity index (χ4v) is 1.52. The molecular formula is C16H22N2O3. The van der Waals surface area contributed by atoms with Gasteiger partial charge in [-0.3, -0.25) is 0 Å². The predicted octanol–water partition coefficient (Wildman–Crippen LogP) is 2.54. The Labute approximate surface area is 125 Å². The van der Waals surface area contributed by atoms with E-state index in [-0.39, 0.29) is 0 Å². The van der Waals surface area contributed by atoms with E-state index < -0.39 is 11.7 Å². The minimum Gasteiger partial charge on any atom is -0.497 e. The number of nitrogens with one attached hydrogen (secondary N) is 1. The van der Waals surface area contributed by atoms with E-state index in [0.29, 0.717) is 24.4 Å². The van der Waals surface area contributed by atoms with E-state index in [0.717, 1.165) is 5.56 Å². The second kappa shape index (κ2) is 7.44. The van der Waals surface area contributed by atoms with Crippen LogP contribution >= 0.6 is 0 Å². The van der Waals surface area contributed by atoms with Crippen LogP contribution < -0.4 is 15.8 Å². The topological polar surface area (TPSA) is 73.6 Å². The quantitative estimate of drug-likeness (QED) is 0.510. The number of anilines is 1. The molecule has 1 amide bonds. The van der Waals surface area contributed by atoms with Crippen LogP contribution in [-0.4, -0.2) is 25.3 Å². The summed E-state index contributed by atoms with van der Waals surface area (Å²) in [5, 5.41) is 2.65. The van der Waals surface area contributed by atoms with Gasteiger partial charge < -0.3 is 20.5 Å². The summed E-state index contributed by atoms with van der Waals surface area (Å²) in [6.07, 6.45) is 0.0889. The van der Waals surface area contributed by atoms with Crippen molar-refractivity contribution in [3.8, 4) is 17.6 Å². The Morgan fingerprint density at radius 3 is 2.67 bits per heavy atom. The van der Waals surface area contributed by atoms with Crippen LogP contribution in [0.3, 0.4) is 0 Å². The van der Waals surface area contributed by atoms with Crippen molar-refractivity contribution in [2.75, 3.05) is 19.4 Å². The molecule has 0 aliphatic carbocycles. The minimum absolute atomic E-state index is 0.432. The lowest BCUT2D eigenvalue weighted by Gasteiger charge is -2.19. The first-order valence-electron chi connectivity index (χ1n) is 6.70. The van der Waals surface area contributed by atoms with E-state index in [1.807, 2.05) is 26.8 Å². The number of alkyl carbamates (subject to hydrolysis) is 1. The standard InChI is InChI=1S/C16H22N2O3/c1-16(2,3)21-15(19)18-8-6-5-7-12-9-13(17)11-14(10-12)20-4/h9-11H,6,8,17H2,1-4H3,(H,18,19). The first kappa shape index (κ1) is 16.7. The molecule has 1 aromatic rings. The van der Waals surface area contributed by atoms with Crippen LogP contribution in [0.15, 0.2) is 18.2 Å². The molecule has 0 aliphatic heterocycles. The highest BCUT2D eigenvalue weighted by Gasteiger charge is 2.15. The molecule has 0 aromatic heterocycles. The smallest absolute Gasteiger partial charge is 0.407 e. The first-order valence-corrected chi connectivity index (χ1v) is 6.70. The van der Waals surface area contributed by atoms with Crippen molar-refractivity contribution in [2.24, 2.45) is 0 Å². The highest BCUT2D eigenvalue weighted by atomic mass is 16.6. The summed E-state index contributed by atoms with van der Waals surface area (Å²) in [5.41, 5.74) is 6.63. The monoisotopic (exact) mass is 290 g/mol. The maximum atomic E-state index is 11.4. The van der Waals surface area contributed by atoms with Crippen LogP contribution in [0.2, 0.25) is 0 Å². The Kier molecular flexibility index (Phi) is 5.92. The number of rotatable bonds is 3. The molecule has 0 saturated carbocycles. The van der Waals surface area contributed by atoms with Crippen LogP contribution in [0, 0.1) is 11.8 Å². The fourth-order valence-electron chi connectivity index (χ4n) is 1.52. The number of nitrogens with two attached hydrogens (primary N) is 1. The molecule has 0 saturated heterocycles. The third-order valence-corrected chi connectivity index (χ3v) is 2.32. The average molecular weight is 290 g/mol. The number of methoxy groups -OCH3 is 1. The molecule has 3 N–H and O–H groups in total. The van der Waals surface area contributed by atoms with Gasteiger partial charge in [-0.25, -0.2) is 4.79 Å². The van der Waals surface area contributed by atoms with E-state index in [9.17, 15) is 4.79 Å². The van der Waals surface area contributed by atoms with Crippen molar-refractivity contribution in [3.05, 3.63) is 23.8 Å². The zero-order valence-electron chi connectivity index (χ0n) is 12.9. The molecule has 0 radical (unpaired) electrons. The Morgan fingerprint density at radius 2 is 2.05 bits per heavy atom.